The number of benzene rings is 1. The van der Waals surface area contributed by atoms with Crippen LogP contribution in [0.1, 0.15) is 41.5 Å². The lowest BCUT2D eigenvalue weighted by atomic mass is 9.98. The molecule has 5 nitrogen and oxygen atoms in total. The number of hydrogen-bond donors (Lipinski definition) is 0. The fourth-order valence-corrected chi connectivity index (χ4v) is 4.19. The molecule has 2 atom stereocenters. The molecule has 0 aliphatic carbocycles. The Morgan fingerprint density at radius 3 is 2.62 bits per heavy atom. The van der Waals surface area contributed by atoms with E-state index in [-0.39, 0.29) is 0 Å². The van der Waals surface area contributed by atoms with Gasteiger partial charge in [-0.3, -0.25) is 4.90 Å². The molecule has 1 aromatic carbocycles. The van der Waals surface area contributed by atoms with Crippen molar-refractivity contribution in [3.8, 4) is 11.5 Å². The molecule has 4 rings (SSSR count). The second kappa shape index (κ2) is 6.06. The van der Waals surface area contributed by atoms with E-state index in [1.807, 2.05) is 31.3 Å². The van der Waals surface area contributed by atoms with Crippen LogP contribution in [0.5, 0.6) is 11.5 Å². The van der Waals surface area contributed by atoms with Gasteiger partial charge in [0.2, 0.25) is 0 Å². The first-order chi connectivity index (χ1) is 11.7. The van der Waals surface area contributed by atoms with Gasteiger partial charge in [0, 0.05) is 36.8 Å². The second-order valence-corrected chi connectivity index (χ2v) is 6.58. The van der Waals surface area contributed by atoms with E-state index in [0.717, 1.165) is 35.9 Å². The Balaban J connectivity index is 1.69. The van der Waals surface area contributed by atoms with Crippen molar-refractivity contribution >= 4 is 0 Å². The van der Waals surface area contributed by atoms with E-state index in [1.165, 1.54) is 24.1 Å². The summed E-state index contributed by atoms with van der Waals surface area (Å²) in [7, 11) is 3.43. The largest absolute Gasteiger partial charge is 0.496 e. The number of rotatable bonds is 4. The van der Waals surface area contributed by atoms with Crippen molar-refractivity contribution in [2.24, 2.45) is 0 Å². The average molecular weight is 325 g/mol. The number of hydrogen-bond acceptors (Lipinski definition) is 5. The van der Waals surface area contributed by atoms with E-state index < -0.39 is 0 Å². The molecule has 2 aliphatic rings. The third kappa shape index (κ3) is 2.44. The van der Waals surface area contributed by atoms with Crippen LogP contribution in [-0.4, -0.2) is 35.1 Å². The van der Waals surface area contributed by atoms with Crippen LogP contribution in [0.2, 0.25) is 0 Å². The van der Waals surface area contributed by atoms with Crippen LogP contribution in [0.15, 0.2) is 24.4 Å². The first-order valence-electron chi connectivity index (χ1n) is 8.49. The topological polar surface area (TPSA) is 47.5 Å². The Morgan fingerprint density at radius 2 is 1.92 bits per heavy atom. The van der Waals surface area contributed by atoms with E-state index in [2.05, 4.69) is 14.9 Å². The molecule has 5 heteroatoms. The zero-order chi connectivity index (χ0) is 16.7. The van der Waals surface area contributed by atoms with Crippen molar-refractivity contribution in [2.75, 3.05) is 14.2 Å². The molecule has 0 radical (unpaired) electrons. The molecule has 0 unspecified atom stereocenters. The molecule has 126 valence electrons. The predicted molar refractivity (Wildman–Crippen MR) is 91.3 cm³/mol. The van der Waals surface area contributed by atoms with Crippen molar-refractivity contribution < 1.29 is 9.47 Å². The fraction of sp³-hybridized carbons (Fsp3) is 0.474. The predicted octanol–water partition coefficient (Wildman–Crippen LogP) is 3.06. The van der Waals surface area contributed by atoms with Crippen molar-refractivity contribution in [3.63, 3.8) is 0 Å². The molecule has 3 heterocycles. The summed E-state index contributed by atoms with van der Waals surface area (Å²) in [5.74, 6) is 2.65. The summed E-state index contributed by atoms with van der Waals surface area (Å²) in [5.41, 5.74) is 3.65. The van der Waals surface area contributed by atoms with Gasteiger partial charge in [-0.1, -0.05) is 6.07 Å². The van der Waals surface area contributed by atoms with Crippen LogP contribution < -0.4 is 9.47 Å². The molecule has 0 amide bonds. The Labute approximate surface area is 142 Å². The zero-order valence-corrected chi connectivity index (χ0v) is 14.5. The molecule has 2 bridgehead atoms. The normalized spacial score (nSPS) is 22.3. The molecule has 1 saturated heterocycles. The Bertz CT molecular complexity index is 740. The first kappa shape index (κ1) is 15.4. The Kier molecular flexibility index (Phi) is 3.88. The summed E-state index contributed by atoms with van der Waals surface area (Å²) in [6.45, 7) is 2.80. The minimum Gasteiger partial charge on any atom is -0.496 e. The average Bonchev–Trinajstić information content (AvgIpc) is 2.87. The zero-order valence-electron chi connectivity index (χ0n) is 14.5. The van der Waals surface area contributed by atoms with Crippen LogP contribution >= 0.6 is 0 Å². The molecular weight excluding hydrogens is 302 g/mol. The van der Waals surface area contributed by atoms with Gasteiger partial charge < -0.3 is 9.47 Å². The standard InChI is InChI=1S/C19H23N3O2/c1-12-20-10-14-16(21-12)9-13-7-8-17(14)22(13)11-15-18(23-2)5-4-6-19(15)24-3/h4-6,10,13,17H,7-9,11H2,1-3H3/t13-,17-/m0/s1. The number of aryl methyl sites for hydroxylation is 1. The number of fused-ring (bicyclic) bond motifs is 4. The molecular formula is C19H23N3O2. The van der Waals surface area contributed by atoms with Gasteiger partial charge in [-0.05, 0) is 31.9 Å². The number of nitrogens with zero attached hydrogens (tertiary/aromatic N) is 3. The summed E-state index contributed by atoms with van der Waals surface area (Å²) < 4.78 is 11.1. The third-order valence-corrected chi connectivity index (χ3v) is 5.32. The highest BCUT2D eigenvalue weighted by atomic mass is 16.5. The molecule has 2 aliphatic heterocycles. The van der Waals surface area contributed by atoms with E-state index >= 15 is 0 Å². The summed E-state index contributed by atoms with van der Waals surface area (Å²) in [5, 5.41) is 0. The van der Waals surface area contributed by atoms with Crippen LogP contribution in [0.3, 0.4) is 0 Å². The van der Waals surface area contributed by atoms with Gasteiger partial charge in [0.1, 0.15) is 17.3 Å². The maximum absolute atomic E-state index is 5.57. The van der Waals surface area contributed by atoms with Crippen LogP contribution in [0.25, 0.3) is 0 Å². The molecule has 0 spiro atoms. The Hall–Kier alpha value is -2.14. The van der Waals surface area contributed by atoms with E-state index in [4.69, 9.17) is 9.47 Å². The van der Waals surface area contributed by atoms with Gasteiger partial charge in [-0.25, -0.2) is 9.97 Å². The van der Waals surface area contributed by atoms with Crippen molar-refractivity contribution in [2.45, 2.75) is 44.8 Å². The highest BCUT2D eigenvalue weighted by molar-refractivity contribution is 5.45. The first-order valence-corrected chi connectivity index (χ1v) is 8.49. The quantitative estimate of drug-likeness (QED) is 0.864. The van der Waals surface area contributed by atoms with Crippen LogP contribution in [0.4, 0.5) is 0 Å². The highest BCUT2D eigenvalue weighted by Gasteiger charge is 2.41. The maximum Gasteiger partial charge on any atom is 0.127 e. The summed E-state index contributed by atoms with van der Waals surface area (Å²) in [6, 6.07) is 6.91. The van der Waals surface area contributed by atoms with Crippen LogP contribution in [-0.2, 0) is 13.0 Å². The van der Waals surface area contributed by atoms with Gasteiger partial charge in [-0.2, -0.15) is 0 Å². The van der Waals surface area contributed by atoms with E-state index in [9.17, 15) is 0 Å². The fourth-order valence-electron chi connectivity index (χ4n) is 4.19. The molecule has 24 heavy (non-hydrogen) atoms. The number of aromatic nitrogens is 2. The SMILES string of the molecule is COc1cccc(OC)c1CN1[C@H]2CC[C@H]1c1cnc(C)nc1C2. The summed E-state index contributed by atoms with van der Waals surface area (Å²) in [4.78, 5) is 11.7. The lowest BCUT2D eigenvalue weighted by Gasteiger charge is -2.36. The minimum atomic E-state index is 0.397. The lowest BCUT2D eigenvalue weighted by molar-refractivity contribution is 0.162. The minimum absolute atomic E-state index is 0.397. The van der Waals surface area contributed by atoms with Crippen molar-refractivity contribution in [1.29, 1.82) is 0 Å². The van der Waals surface area contributed by atoms with E-state index in [0.29, 0.717) is 12.1 Å². The van der Waals surface area contributed by atoms with E-state index in [1.54, 1.807) is 14.2 Å². The number of ether oxygens (including phenoxy) is 2. The molecule has 0 N–H and O–H groups in total. The van der Waals surface area contributed by atoms with Crippen molar-refractivity contribution in [1.82, 2.24) is 14.9 Å². The highest BCUT2D eigenvalue weighted by Crippen LogP contribution is 2.45. The monoisotopic (exact) mass is 325 g/mol. The second-order valence-electron chi connectivity index (χ2n) is 6.58. The Morgan fingerprint density at radius 1 is 1.17 bits per heavy atom. The van der Waals surface area contributed by atoms with Gasteiger partial charge in [0.05, 0.1) is 25.5 Å². The molecule has 1 fully saturated rings. The van der Waals surface area contributed by atoms with Crippen molar-refractivity contribution in [3.05, 3.63) is 47.0 Å². The third-order valence-electron chi connectivity index (χ3n) is 5.32. The van der Waals surface area contributed by atoms with Crippen LogP contribution in [0, 0.1) is 6.92 Å². The lowest BCUT2D eigenvalue weighted by Crippen LogP contribution is -2.37. The van der Waals surface area contributed by atoms with Gasteiger partial charge >= 0.3 is 0 Å². The summed E-state index contributed by atoms with van der Waals surface area (Å²) in [6.07, 6.45) is 5.40. The van der Waals surface area contributed by atoms with Gasteiger partial charge in [-0.15, -0.1) is 0 Å². The molecule has 1 aromatic heterocycles. The maximum atomic E-state index is 5.57. The summed E-state index contributed by atoms with van der Waals surface area (Å²) >= 11 is 0. The molecule has 0 saturated carbocycles. The van der Waals surface area contributed by atoms with Gasteiger partial charge in [0.15, 0.2) is 0 Å². The number of methoxy groups -OCH3 is 2. The molecule has 2 aromatic rings. The van der Waals surface area contributed by atoms with Gasteiger partial charge in [0.25, 0.3) is 0 Å². The smallest absolute Gasteiger partial charge is 0.127 e.